The fraction of sp³-hybridized carbons (Fsp3) is 0.417. The number of halogens is 1. The van der Waals surface area contributed by atoms with E-state index in [-0.39, 0.29) is 5.91 Å². The van der Waals surface area contributed by atoms with Crippen LogP contribution in [-0.4, -0.2) is 12.5 Å². The fourth-order valence-corrected chi connectivity index (χ4v) is 2.35. The van der Waals surface area contributed by atoms with E-state index < -0.39 is 0 Å². The number of amides is 1. The molecule has 1 aliphatic heterocycles. The molecule has 2 nitrogen and oxygen atoms in total. The lowest BCUT2D eigenvalue weighted by molar-refractivity contribution is -0.119. The van der Waals surface area contributed by atoms with Crippen molar-refractivity contribution in [1.82, 2.24) is 0 Å². The first-order valence-corrected chi connectivity index (χ1v) is 6.04. The lowest BCUT2D eigenvalue weighted by atomic mass is 10.1. The van der Waals surface area contributed by atoms with Crippen LogP contribution in [-0.2, 0) is 4.79 Å². The predicted molar refractivity (Wildman–Crippen MR) is 65.1 cm³/mol. The highest BCUT2D eigenvalue weighted by atomic mass is 79.9. The SMILES string of the molecule is Cc1ccc(Br)c(N2CCCCC2=O)c1. The van der Waals surface area contributed by atoms with Crippen molar-refractivity contribution in [3.05, 3.63) is 28.2 Å². The number of carbonyl (C=O) groups excluding carboxylic acids is 1. The summed E-state index contributed by atoms with van der Waals surface area (Å²) >= 11 is 3.50. The van der Waals surface area contributed by atoms with Crippen molar-refractivity contribution < 1.29 is 4.79 Å². The van der Waals surface area contributed by atoms with E-state index in [0.29, 0.717) is 6.42 Å². The second-order valence-electron chi connectivity index (χ2n) is 3.96. The summed E-state index contributed by atoms with van der Waals surface area (Å²) in [6.45, 7) is 2.89. The van der Waals surface area contributed by atoms with Crippen LogP contribution in [0.5, 0.6) is 0 Å². The van der Waals surface area contributed by atoms with E-state index in [0.717, 1.165) is 29.5 Å². The van der Waals surface area contributed by atoms with Crippen molar-refractivity contribution in [3.8, 4) is 0 Å². The Labute approximate surface area is 98.4 Å². The summed E-state index contributed by atoms with van der Waals surface area (Å²) in [6.07, 6.45) is 2.81. The van der Waals surface area contributed by atoms with E-state index in [1.807, 2.05) is 24.0 Å². The highest BCUT2D eigenvalue weighted by molar-refractivity contribution is 9.10. The Morgan fingerprint density at radius 3 is 2.87 bits per heavy atom. The van der Waals surface area contributed by atoms with Gasteiger partial charge in [0.15, 0.2) is 0 Å². The molecule has 0 unspecified atom stereocenters. The maximum absolute atomic E-state index is 11.8. The minimum absolute atomic E-state index is 0.243. The third-order valence-corrected chi connectivity index (χ3v) is 3.39. The zero-order valence-corrected chi connectivity index (χ0v) is 10.4. The van der Waals surface area contributed by atoms with Gasteiger partial charge in [0.2, 0.25) is 5.91 Å². The quantitative estimate of drug-likeness (QED) is 0.765. The van der Waals surface area contributed by atoms with Gasteiger partial charge >= 0.3 is 0 Å². The van der Waals surface area contributed by atoms with E-state index in [1.54, 1.807) is 0 Å². The molecule has 1 saturated heterocycles. The maximum Gasteiger partial charge on any atom is 0.227 e. The summed E-state index contributed by atoms with van der Waals surface area (Å²) < 4.78 is 1.00. The molecule has 0 spiro atoms. The largest absolute Gasteiger partial charge is 0.311 e. The Hall–Kier alpha value is -0.830. The number of aryl methyl sites for hydroxylation is 1. The number of anilines is 1. The van der Waals surface area contributed by atoms with Crippen LogP contribution in [0.15, 0.2) is 22.7 Å². The van der Waals surface area contributed by atoms with Gasteiger partial charge in [0.25, 0.3) is 0 Å². The van der Waals surface area contributed by atoms with Gasteiger partial charge in [-0.2, -0.15) is 0 Å². The third-order valence-electron chi connectivity index (χ3n) is 2.72. The summed E-state index contributed by atoms with van der Waals surface area (Å²) in [7, 11) is 0. The van der Waals surface area contributed by atoms with Crippen molar-refractivity contribution in [1.29, 1.82) is 0 Å². The standard InChI is InChI=1S/C12H14BrNO/c1-9-5-6-10(13)11(8-9)14-7-3-2-4-12(14)15/h5-6,8H,2-4,7H2,1H3. The number of hydrogen-bond acceptors (Lipinski definition) is 1. The van der Waals surface area contributed by atoms with Gasteiger partial charge in [-0.15, -0.1) is 0 Å². The highest BCUT2D eigenvalue weighted by Gasteiger charge is 2.21. The van der Waals surface area contributed by atoms with E-state index in [4.69, 9.17) is 0 Å². The summed E-state index contributed by atoms with van der Waals surface area (Å²) in [5.74, 6) is 0.243. The van der Waals surface area contributed by atoms with Crippen LogP contribution in [0.2, 0.25) is 0 Å². The molecule has 0 N–H and O–H groups in total. The van der Waals surface area contributed by atoms with Gasteiger partial charge in [0, 0.05) is 17.4 Å². The Morgan fingerprint density at radius 1 is 1.33 bits per heavy atom. The zero-order chi connectivity index (χ0) is 10.8. The molecular formula is C12H14BrNO. The lowest BCUT2D eigenvalue weighted by Gasteiger charge is -2.27. The molecule has 3 heteroatoms. The second-order valence-corrected chi connectivity index (χ2v) is 4.81. The first kappa shape index (κ1) is 10.7. The molecule has 0 bridgehead atoms. The molecule has 0 aromatic heterocycles. The fourth-order valence-electron chi connectivity index (χ4n) is 1.89. The Morgan fingerprint density at radius 2 is 2.13 bits per heavy atom. The molecule has 0 saturated carbocycles. The van der Waals surface area contributed by atoms with Crippen LogP contribution < -0.4 is 4.90 Å². The average molecular weight is 268 g/mol. The number of nitrogens with zero attached hydrogens (tertiary/aromatic N) is 1. The van der Waals surface area contributed by atoms with Crippen LogP contribution in [0.1, 0.15) is 24.8 Å². The van der Waals surface area contributed by atoms with Crippen molar-refractivity contribution >= 4 is 27.5 Å². The average Bonchev–Trinajstić information content (AvgIpc) is 2.23. The van der Waals surface area contributed by atoms with Crippen molar-refractivity contribution in [2.45, 2.75) is 26.2 Å². The number of carbonyl (C=O) groups is 1. The smallest absolute Gasteiger partial charge is 0.227 e. The van der Waals surface area contributed by atoms with Gasteiger partial charge in [-0.05, 0) is 53.4 Å². The molecule has 0 atom stereocenters. The minimum atomic E-state index is 0.243. The van der Waals surface area contributed by atoms with E-state index in [1.165, 1.54) is 5.56 Å². The lowest BCUT2D eigenvalue weighted by Crippen LogP contribution is -2.35. The third kappa shape index (κ3) is 2.23. The van der Waals surface area contributed by atoms with Gasteiger partial charge in [0.1, 0.15) is 0 Å². The first-order valence-electron chi connectivity index (χ1n) is 5.25. The molecule has 80 valence electrons. The molecule has 0 radical (unpaired) electrons. The Kier molecular flexibility index (Phi) is 3.10. The summed E-state index contributed by atoms with van der Waals surface area (Å²) in [6, 6.07) is 6.11. The molecule has 1 amide bonds. The molecule has 2 rings (SSSR count). The molecule has 0 aliphatic carbocycles. The maximum atomic E-state index is 11.8. The van der Waals surface area contributed by atoms with Crippen LogP contribution in [0.3, 0.4) is 0 Å². The molecule has 15 heavy (non-hydrogen) atoms. The van der Waals surface area contributed by atoms with E-state index in [2.05, 4.69) is 22.0 Å². The molecule has 1 fully saturated rings. The number of benzene rings is 1. The van der Waals surface area contributed by atoms with Crippen LogP contribution >= 0.6 is 15.9 Å². The number of rotatable bonds is 1. The number of piperidine rings is 1. The second kappa shape index (κ2) is 4.35. The molecule has 1 aliphatic rings. The van der Waals surface area contributed by atoms with Crippen LogP contribution in [0, 0.1) is 6.92 Å². The van der Waals surface area contributed by atoms with E-state index >= 15 is 0 Å². The van der Waals surface area contributed by atoms with Crippen molar-refractivity contribution in [2.24, 2.45) is 0 Å². The molecular weight excluding hydrogens is 254 g/mol. The predicted octanol–water partition coefficient (Wildman–Crippen LogP) is 3.27. The van der Waals surface area contributed by atoms with Crippen molar-refractivity contribution in [3.63, 3.8) is 0 Å². The summed E-state index contributed by atoms with van der Waals surface area (Å²) in [4.78, 5) is 13.7. The zero-order valence-electron chi connectivity index (χ0n) is 8.79. The van der Waals surface area contributed by atoms with Gasteiger partial charge in [-0.1, -0.05) is 6.07 Å². The van der Waals surface area contributed by atoms with Gasteiger partial charge in [-0.3, -0.25) is 4.79 Å². The van der Waals surface area contributed by atoms with Crippen molar-refractivity contribution in [2.75, 3.05) is 11.4 Å². The minimum Gasteiger partial charge on any atom is -0.311 e. The Bertz CT molecular complexity index is 389. The monoisotopic (exact) mass is 267 g/mol. The molecule has 1 aromatic rings. The number of hydrogen-bond donors (Lipinski definition) is 0. The van der Waals surface area contributed by atoms with Gasteiger partial charge < -0.3 is 4.90 Å². The topological polar surface area (TPSA) is 20.3 Å². The normalized spacial score (nSPS) is 16.9. The van der Waals surface area contributed by atoms with Gasteiger partial charge in [0.05, 0.1) is 5.69 Å². The highest BCUT2D eigenvalue weighted by Crippen LogP contribution is 2.29. The summed E-state index contributed by atoms with van der Waals surface area (Å²) in [5, 5.41) is 0. The first-order chi connectivity index (χ1) is 7.18. The van der Waals surface area contributed by atoms with Crippen LogP contribution in [0.25, 0.3) is 0 Å². The molecule has 1 aromatic carbocycles. The summed E-state index contributed by atoms with van der Waals surface area (Å²) in [5.41, 5.74) is 2.20. The van der Waals surface area contributed by atoms with E-state index in [9.17, 15) is 4.79 Å². The van der Waals surface area contributed by atoms with Crippen LogP contribution in [0.4, 0.5) is 5.69 Å². The Balaban J connectivity index is 2.34. The van der Waals surface area contributed by atoms with Gasteiger partial charge in [-0.25, -0.2) is 0 Å². The molecule has 1 heterocycles.